The summed E-state index contributed by atoms with van der Waals surface area (Å²) in [5.41, 5.74) is 1.99. The summed E-state index contributed by atoms with van der Waals surface area (Å²) in [6.45, 7) is 1.97. The third kappa shape index (κ3) is 3.45. The SMILES string of the molecule is OCC(O)CNc1ccc(C2=NCCCN2)cc1. The van der Waals surface area contributed by atoms with Crippen LogP contribution in [-0.2, 0) is 0 Å². The van der Waals surface area contributed by atoms with Gasteiger partial charge in [0.2, 0.25) is 0 Å². The summed E-state index contributed by atoms with van der Waals surface area (Å²) in [5.74, 6) is 0.947. The van der Waals surface area contributed by atoms with Crippen LogP contribution in [0.3, 0.4) is 0 Å². The van der Waals surface area contributed by atoms with Crippen molar-refractivity contribution in [3.8, 4) is 0 Å². The number of hydrogen-bond acceptors (Lipinski definition) is 5. The van der Waals surface area contributed by atoms with Crippen molar-refractivity contribution in [2.24, 2.45) is 4.99 Å². The Labute approximate surface area is 107 Å². The number of aliphatic hydroxyl groups is 2. The lowest BCUT2D eigenvalue weighted by molar-refractivity contribution is 0.105. The van der Waals surface area contributed by atoms with Gasteiger partial charge < -0.3 is 20.8 Å². The number of nitrogens with zero attached hydrogens (tertiary/aromatic N) is 1. The van der Waals surface area contributed by atoms with Crippen molar-refractivity contribution in [2.45, 2.75) is 12.5 Å². The van der Waals surface area contributed by atoms with E-state index in [1.54, 1.807) is 0 Å². The van der Waals surface area contributed by atoms with Crippen LogP contribution in [0.1, 0.15) is 12.0 Å². The molecular formula is C13H19N3O2. The van der Waals surface area contributed by atoms with Gasteiger partial charge in [0, 0.05) is 30.9 Å². The van der Waals surface area contributed by atoms with Crippen molar-refractivity contribution in [1.82, 2.24) is 5.32 Å². The number of aliphatic hydroxyl groups excluding tert-OH is 2. The molecule has 0 amide bonds. The van der Waals surface area contributed by atoms with Crippen LogP contribution in [0, 0.1) is 0 Å². The minimum atomic E-state index is -0.728. The normalized spacial score (nSPS) is 16.7. The number of anilines is 1. The predicted octanol–water partition coefficient (Wildman–Crippen LogP) is 0.192. The second kappa shape index (κ2) is 6.37. The van der Waals surface area contributed by atoms with E-state index in [0.29, 0.717) is 6.54 Å². The van der Waals surface area contributed by atoms with Gasteiger partial charge in [-0.05, 0) is 30.7 Å². The molecule has 1 aromatic rings. The zero-order valence-electron chi connectivity index (χ0n) is 10.3. The highest BCUT2D eigenvalue weighted by Gasteiger charge is 2.06. The third-order valence-electron chi connectivity index (χ3n) is 2.81. The van der Waals surface area contributed by atoms with Gasteiger partial charge in [-0.1, -0.05) is 0 Å². The standard InChI is InChI=1S/C13H19N3O2/c17-9-12(18)8-16-11-4-2-10(3-5-11)13-14-6-1-7-15-13/h2-5,12,16-18H,1,6-9H2,(H,14,15). The molecule has 0 radical (unpaired) electrons. The Kier molecular flexibility index (Phi) is 4.55. The van der Waals surface area contributed by atoms with Crippen molar-refractivity contribution in [2.75, 3.05) is 31.6 Å². The summed E-state index contributed by atoms with van der Waals surface area (Å²) in [4.78, 5) is 4.43. The Hall–Kier alpha value is -1.59. The van der Waals surface area contributed by atoms with Gasteiger partial charge in [0.1, 0.15) is 5.84 Å². The van der Waals surface area contributed by atoms with Gasteiger partial charge in [-0.2, -0.15) is 0 Å². The lowest BCUT2D eigenvalue weighted by atomic mass is 10.1. The molecule has 1 heterocycles. The average Bonchev–Trinajstić information content (AvgIpc) is 2.46. The monoisotopic (exact) mass is 249 g/mol. The molecule has 4 N–H and O–H groups in total. The number of nitrogens with one attached hydrogen (secondary N) is 2. The fourth-order valence-corrected chi connectivity index (χ4v) is 1.77. The van der Waals surface area contributed by atoms with Gasteiger partial charge in [0.05, 0.1) is 12.7 Å². The molecule has 0 bridgehead atoms. The average molecular weight is 249 g/mol. The number of amidine groups is 1. The summed E-state index contributed by atoms with van der Waals surface area (Å²) in [5, 5.41) is 24.3. The molecule has 1 atom stereocenters. The van der Waals surface area contributed by atoms with Crippen LogP contribution in [0.2, 0.25) is 0 Å². The number of benzene rings is 1. The molecule has 1 aliphatic heterocycles. The van der Waals surface area contributed by atoms with Crippen molar-refractivity contribution in [3.05, 3.63) is 29.8 Å². The van der Waals surface area contributed by atoms with E-state index in [1.165, 1.54) is 0 Å². The maximum atomic E-state index is 9.24. The highest BCUT2D eigenvalue weighted by Crippen LogP contribution is 2.11. The van der Waals surface area contributed by atoms with Crippen LogP contribution in [0.4, 0.5) is 5.69 Å². The van der Waals surface area contributed by atoms with Gasteiger partial charge in [0.15, 0.2) is 0 Å². The van der Waals surface area contributed by atoms with E-state index in [0.717, 1.165) is 36.6 Å². The van der Waals surface area contributed by atoms with Crippen molar-refractivity contribution >= 4 is 11.5 Å². The second-order valence-electron chi connectivity index (χ2n) is 4.31. The molecule has 0 saturated carbocycles. The smallest absolute Gasteiger partial charge is 0.128 e. The fourth-order valence-electron chi connectivity index (χ4n) is 1.77. The zero-order valence-corrected chi connectivity index (χ0v) is 10.3. The van der Waals surface area contributed by atoms with Crippen LogP contribution < -0.4 is 10.6 Å². The summed E-state index contributed by atoms with van der Waals surface area (Å²) in [6.07, 6.45) is 0.358. The van der Waals surface area contributed by atoms with Gasteiger partial charge in [-0.25, -0.2) is 0 Å². The first-order valence-electron chi connectivity index (χ1n) is 6.21. The van der Waals surface area contributed by atoms with E-state index in [4.69, 9.17) is 5.11 Å². The molecule has 0 saturated heterocycles. The van der Waals surface area contributed by atoms with E-state index >= 15 is 0 Å². The predicted molar refractivity (Wildman–Crippen MR) is 72.0 cm³/mol. The highest BCUT2D eigenvalue weighted by molar-refractivity contribution is 5.99. The van der Waals surface area contributed by atoms with E-state index in [9.17, 15) is 5.11 Å². The molecule has 18 heavy (non-hydrogen) atoms. The molecule has 1 aliphatic rings. The Balaban J connectivity index is 1.95. The lowest BCUT2D eigenvalue weighted by Crippen LogP contribution is -2.30. The molecule has 0 aliphatic carbocycles. The molecule has 2 rings (SSSR count). The topological polar surface area (TPSA) is 76.9 Å². The van der Waals surface area contributed by atoms with Crippen molar-refractivity contribution in [3.63, 3.8) is 0 Å². The maximum Gasteiger partial charge on any atom is 0.128 e. The minimum absolute atomic E-state index is 0.230. The van der Waals surface area contributed by atoms with Gasteiger partial charge >= 0.3 is 0 Å². The third-order valence-corrected chi connectivity index (χ3v) is 2.81. The second-order valence-corrected chi connectivity index (χ2v) is 4.31. The first-order valence-corrected chi connectivity index (χ1v) is 6.21. The first-order chi connectivity index (χ1) is 8.79. The summed E-state index contributed by atoms with van der Waals surface area (Å²) >= 11 is 0. The van der Waals surface area contributed by atoms with Crippen LogP contribution in [0.5, 0.6) is 0 Å². The lowest BCUT2D eigenvalue weighted by Gasteiger charge is -2.15. The molecule has 5 heteroatoms. The summed E-state index contributed by atoms with van der Waals surface area (Å²) in [6, 6.07) is 7.87. The molecular weight excluding hydrogens is 230 g/mol. The molecule has 0 fully saturated rings. The van der Waals surface area contributed by atoms with Crippen LogP contribution in [-0.4, -0.2) is 48.4 Å². The molecule has 1 aromatic carbocycles. The molecule has 5 nitrogen and oxygen atoms in total. The van der Waals surface area contributed by atoms with Crippen LogP contribution in [0.15, 0.2) is 29.3 Å². The highest BCUT2D eigenvalue weighted by atomic mass is 16.3. The number of hydrogen-bond donors (Lipinski definition) is 4. The van der Waals surface area contributed by atoms with Gasteiger partial charge in [-0.15, -0.1) is 0 Å². The summed E-state index contributed by atoms with van der Waals surface area (Å²) in [7, 11) is 0. The van der Waals surface area contributed by atoms with Crippen molar-refractivity contribution < 1.29 is 10.2 Å². The largest absolute Gasteiger partial charge is 0.394 e. The molecule has 98 valence electrons. The van der Waals surface area contributed by atoms with Gasteiger partial charge in [-0.3, -0.25) is 4.99 Å². The molecule has 1 unspecified atom stereocenters. The Morgan fingerprint density at radius 3 is 2.72 bits per heavy atom. The summed E-state index contributed by atoms with van der Waals surface area (Å²) < 4.78 is 0. The van der Waals surface area contributed by atoms with Crippen LogP contribution in [0.25, 0.3) is 0 Å². The fraction of sp³-hybridized carbons (Fsp3) is 0.462. The Bertz CT molecular complexity index is 403. The van der Waals surface area contributed by atoms with E-state index in [1.807, 2.05) is 24.3 Å². The van der Waals surface area contributed by atoms with Crippen LogP contribution >= 0.6 is 0 Å². The molecule has 0 aromatic heterocycles. The Morgan fingerprint density at radius 2 is 2.11 bits per heavy atom. The Morgan fingerprint density at radius 1 is 1.33 bits per heavy atom. The minimum Gasteiger partial charge on any atom is -0.394 e. The van der Waals surface area contributed by atoms with E-state index < -0.39 is 6.10 Å². The number of rotatable bonds is 5. The van der Waals surface area contributed by atoms with E-state index in [-0.39, 0.29) is 6.61 Å². The first kappa shape index (κ1) is 12.9. The van der Waals surface area contributed by atoms with E-state index in [2.05, 4.69) is 15.6 Å². The maximum absolute atomic E-state index is 9.24. The van der Waals surface area contributed by atoms with Gasteiger partial charge in [0.25, 0.3) is 0 Å². The molecule has 0 spiro atoms. The zero-order chi connectivity index (χ0) is 12.8. The number of aliphatic imine (C=N–C) groups is 1. The quantitative estimate of drug-likeness (QED) is 0.601. The van der Waals surface area contributed by atoms with Crippen molar-refractivity contribution in [1.29, 1.82) is 0 Å².